The highest BCUT2D eigenvalue weighted by molar-refractivity contribution is 5.85. The Morgan fingerprint density at radius 3 is 2.43 bits per heavy atom. The van der Waals surface area contributed by atoms with E-state index in [9.17, 15) is 4.39 Å². The van der Waals surface area contributed by atoms with Gasteiger partial charge in [-0.05, 0) is 17.7 Å². The van der Waals surface area contributed by atoms with Crippen LogP contribution in [0.1, 0.15) is 5.56 Å². The molecule has 0 atom stereocenters. The number of nitrogens with one attached hydrogen (secondary N) is 1. The Morgan fingerprint density at radius 2 is 1.86 bits per heavy atom. The first-order chi connectivity index (χ1) is 9.19. The molecule has 0 unspecified atom stereocenters. The second kappa shape index (κ2) is 9.47. The van der Waals surface area contributed by atoms with Crippen LogP contribution in [0.15, 0.2) is 36.7 Å². The average molecular weight is 335 g/mol. The molecule has 2 aromatic rings. The van der Waals surface area contributed by atoms with Crippen LogP contribution in [-0.2, 0) is 13.1 Å². The van der Waals surface area contributed by atoms with E-state index in [2.05, 4.69) is 39.6 Å². The smallest absolute Gasteiger partial charge is 0.109 e. The minimum Gasteiger partial charge on any atom is -0.378 e. The number of rotatable bonds is 6. The van der Waals surface area contributed by atoms with Crippen molar-refractivity contribution < 1.29 is 4.39 Å². The Bertz CT molecular complexity index is 514. The highest BCUT2D eigenvalue weighted by Gasteiger charge is 1.99. The molecule has 2 rings (SSSR count). The first kappa shape index (κ1) is 19.5. The summed E-state index contributed by atoms with van der Waals surface area (Å²) in [5, 5.41) is 7.33. The van der Waals surface area contributed by atoms with E-state index in [4.69, 9.17) is 0 Å². The standard InChI is InChI=1S/C14H19FN4.2ClH/c1-18(2)14-5-3-12(4-6-14)9-16-13-10-17-19(11-13)8-7-15;;/h3-6,10-11,16H,7-9H2,1-2H3;2*1H. The molecule has 1 N–H and O–H groups in total. The second-order valence-electron chi connectivity index (χ2n) is 4.60. The van der Waals surface area contributed by atoms with E-state index in [1.165, 1.54) is 11.3 Å². The van der Waals surface area contributed by atoms with Crippen LogP contribution in [0.25, 0.3) is 0 Å². The van der Waals surface area contributed by atoms with Gasteiger partial charge >= 0.3 is 0 Å². The highest BCUT2D eigenvalue weighted by Crippen LogP contribution is 2.13. The highest BCUT2D eigenvalue weighted by atomic mass is 35.5. The number of anilines is 2. The summed E-state index contributed by atoms with van der Waals surface area (Å²) in [5.74, 6) is 0. The minimum absolute atomic E-state index is 0. The second-order valence-corrected chi connectivity index (χ2v) is 4.60. The van der Waals surface area contributed by atoms with E-state index in [0.717, 1.165) is 12.2 Å². The van der Waals surface area contributed by atoms with E-state index < -0.39 is 6.67 Å². The van der Waals surface area contributed by atoms with Gasteiger partial charge in [-0.3, -0.25) is 4.68 Å². The Hall–Kier alpha value is -1.46. The van der Waals surface area contributed by atoms with Crippen molar-refractivity contribution in [3.8, 4) is 0 Å². The van der Waals surface area contributed by atoms with Crippen LogP contribution in [0.4, 0.5) is 15.8 Å². The molecule has 1 aromatic carbocycles. The summed E-state index contributed by atoms with van der Waals surface area (Å²) in [7, 11) is 4.04. The van der Waals surface area contributed by atoms with Crippen molar-refractivity contribution in [2.75, 3.05) is 31.0 Å². The third-order valence-corrected chi connectivity index (χ3v) is 2.90. The molecular weight excluding hydrogens is 314 g/mol. The summed E-state index contributed by atoms with van der Waals surface area (Å²) >= 11 is 0. The zero-order valence-electron chi connectivity index (χ0n) is 12.1. The molecule has 0 fully saturated rings. The number of alkyl halides is 1. The third kappa shape index (κ3) is 5.81. The maximum Gasteiger partial charge on any atom is 0.109 e. The van der Waals surface area contributed by atoms with Crippen LogP contribution < -0.4 is 10.2 Å². The number of hydrogen-bond acceptors (Lipinski definition) is 3. The molecule has 118 valence electrons. The van der Waals surface area contributed by atoms with E-state index >= 15 is 0 Å². The van der Waals surface area contributed by atoms with Gasteiger partial charge in [0, 0.05) is 32.5 Å². The van der Waals surface area contributed by atoms with Gasteiger partial charge in [-0.2, -0.15) is 5.10 Å². The summed E-state index contributed by atoms with van der Waals surface area (Å²) < 4.78 is 13.8. The molecular formula is C14H21Cl2FN4. The fourth-order valence-electron chi connectivity index (χ4n) is 1.78. The molecule has 4 nitrogen and oxygen atoms in total. The minimum atomic E-state index is -0.396. The molecule has 0 bridgehead atoms. The van der Waals surface area contributed by atoms with Crippen molar-refractivity contribution in [3.63, 3.8) is 0 Å². The van der Waals surface area contributed by atoms with Crippen LogP contribution in [0, 0.1) is 0 Å². The topological polar surface area (TPSA) is 33.1 Å². The van der Waals surface area contributed by atoms with Gasteiger partial charge in [-0.25, -0.2) is 4.39 Å². The number of hydrogen-bond donors (Lipinski definition) is 1. The van der Waals surface area contributed by atoms with Gasteiger partial charge < -0.3 is 10.2 Å². The molecule has 21 heavy (non-hydrogen) atoms. The summed E-state index contributed by atoms with van der Waals surface area (Å²) in [5.41, 5.74) is 3.29. The van der Waals surface area contributed by atoms with Gasteiger partial charge in [0.2, 0.25) is 0 Å². The maximum atomic E-state index is 12.2. The molecule has 0 aliphatic rings. The number of aromatic nitrogens is 2. The summed E-state index contributed by atoms with van der Waals surface area (Å²) in [6.45, 7) is 0.640. The van der Waals surface area contributed by atoms with Crippen molar-refractivity contribution in [1.82, 2.24) is 9.78 Å². The Kier molecular flexibility index (Phi) is 8.81. The van der Waals surface area contributed by atoms with Crippen molar-refractivity contribution >= 4 is 36.2 Å². The number of nitrogens with zero attached hydrogens (tertiary/aromatic N) is 3. The summed E-state index contributed by atoms with van der Waals surface area (Å²) in [6.07, 6.45) is 3.53. The monoisotopic (exact) mass is 334 g/mol. The number of halogens is 3. The molecule has 1 aromatic heterocycles. The number of benzene rings is 1. The zero-order valence-corrected chi connectivity index (χ0v) is 13.8. The molecule has 0 saturated carbocycles. The quantitative estimate of drug-likeness (QED) is 0.879. The molecule has 0 spiro atoms. The Balaban J connectivity index is 0.00000200. The third-order valence-electron chi connectivity index (χ3n) is 2.90. The van der Waals surface area contributed by atoms with Crippen LogP contribution in [0.3, 0.4) is 0 Å². The normalized spacial score (nSPS) is 9.48. The first-order valence-electron chi connectivity index (χ1n) is 6.27. The number of aryl methyl sites for hydroxylation is 1. The lowest BCUT2D eigenvalue weighted by Crippen LogP contribution is -2.08. The lowest BCUT2D eigenvalue weighted by molar-refractivity contribution is 0.427. The van der Waals surface area contributed by atoms with Crippen molar-refractivity contribution in [2.45, 2.75) is 13.1 Å². The van der Waals surface area contributed by atoms with Gasteiger partial charge in [0.25, 0.3) is 0 Å². The fraction of sp³-hybridized carbons (Fsp3) is 0.357. The Labute approximate surface area is 137 Å². The molecule has 0 amide bonds. The molecule has 0 radical (unpaired) electrons. The van der Waals surface area contributed by atoms with E-state index in [1.54, 1.807) is 10.9 Å². The average Bonchev–Trinajstić information content (AvgIpc) is 2.85. The van der Waals surface area contributed by atoms with E-state index in [-0.39, 0.29) is 24.8 Å². The van der Waals surface area contributed by atoms with Gasteiger partial charge in [-0.1, -0.05) is 12.1 Å². The van der Waals surface area contributed by atoms with Crippen molar-refractivity contribution in [2.24, 2.45) is 0 Å². The van der Waals surface area contributed by atoms with E-state index in [1.807, 2.05) is 20.3 Å². The van der Waals surface area contributed by atoms with E-state index in [0.29, 0.717) is 6.54 Å². The largest absolute Gasteiger partial charge is 0.378 e. The summed E-state index contributed by atoms with van der Waals surface area (Å²) in [4.78, 5) is 2.07. The molecule has 0 aliphatic heterocycles. The van der Waals surface area contributed by atoms with Gasteiger partial charge in [0.05, 0.1) is 18.4 Å². The molecule has 0 aliphatic carbocycles. The van der Waals surface area contributed by atoms with Crippen LogP contribution in [0.5, 0.6) is 0 Å². The van der Waals surface area contributed by atoms with Crippen LogP contribution in [-0.4, -0.2) is 30.6 Å². The Morgan fingerprint density at radius 1 is 1.19 bits per heavy atom. The molecule has 7 heteroatoms. The van der Waals surface area contributed by atoms with Gasteiger partial charge in [0.15, 0.2) is 0 Å². The van der Waals surface area contributed by atoms with Gasteiger partial charge in [-0.15, -0.1) is 24.8 Å². The van der Waals surface area contributed by atoms with Crippen molar-refractivity contribution in [1.29, 1.82) is 0 Å². The zero-order chi connectivity index (χ0) is 13.7. The molecule has 1 heterocycles. The molecule has 0 saturated heterocycles. The van der Waals surface area contributed by atoms with Gasteiger partial charge in [0.1, 0.15) is 6.67 Å². The SMILES string of the molecule is CN(C)c1ccc(CNc2cnn(CCF)c2)cc1.Cl.Cl. The lowest BCUT2D eigenvalue weighted by Gasteiger charge is -2.12. The van der Waals surface area contributed by atoms with Crippen LogP contribution in [0.2, 0.25) is 0 Å². The lowest BCUT2D eigenvalue weighted by atomic mass is 10.2. The van der Waals surface area contributed by atoms with Crippen molar-refractivity contribution in [3.05, 3.63) is 42.2 Å². The maximum absolute atomic E-state index is 12.2. The van der Waals surface area contributed by atoms with Crippen LogP contribution >= 0.6 is 24.8 Å². The summed E-state index contributed by atoms with van der Waals surface area (Å²) in [6, 6.07) is 8.36. The first-order valence-corrected chi connectivity index (χ1v) is 6.27. The predicted octanol–water partition coefficient (Wildman–Crippen LogP) is 3.37. The fourth-order valence-corrected chi connectivity index (χ4v) is 1.78. The predicted molar refractivity (Wildman–Crippen MR) is 90.8 cm³/mol.